The molecule has 0 aromatic heterocycles. The highest BCUT2D eigenvalue weighted by Gasteiger charge is 2.36. The van der Waals surface area contributed by atoms with Gasteiger partial charge in [-0.05, 0) is 116 Å². The Balaban J connectivity index is 1.18. The summed E-state index contributed by atoms with van der Waals surface area (Å²) in [5, 5.41) is 0. The van der Waals surface area contributed by atoms with Gasteiger partial charge < -0.3 is 4.74 Å². The molecule has 0 saturated heterocycles. The molecule has 2 fully saturated rings. The highest BCUT2D eigenvalue weighted by atomic mass is 19.4. The fourth-order valence-corrected chi connectivity index (χ4v) is 7.99. The molecule has 2 aromatic rings. The van der Waals surface area contributed by atoms with Crippen molar-refractivity contribution in [3.63, 3.8) is 0 Å². The molecular weight excluding hydrogens is 557 g/mol. The molecule has 42 heavy (non-hydrogen) atoms. The lowest BCUT2D eigenvalue weighted by Gasteiger charge is -2.32. The monoisotopic (exact) mass is 598 g/mol. The van der Waals surface area contributed by atoms with E-state index in [4.69, 9.17) is 0 Å². The average Bonchev–Trinajstić information content (AvgIpc) is 2.94. The zero-order valence-corrected chi connectivity index (χ0v) is 24.3. The van der Waals surface area contributed by atoms with E-state index >= 15 is 8.78 Å². The SMILES string of the molecule is CCCC1CCC(CCC2CCc3c(cc(F)c(C4CCC(c5cc(F)c(OC(F)(F)F)c(F)c5)CC4)c3F)C2)CC1. The number of benzene rings is 2. The first-order chi connectivity index (χ1) is 20.0. The van der Waals surface area contributed by atoms with Crippen molar-refractivity contribution in [2.45, 2.75) is 121 Å². The number of hydrogen-bond donors (Lipinski definition) is 0. The van der Waals surface area contributed by atoms with E-state index in [1.54, 1.807) is 0 Å². The maximum Gasteiger partial charge on any atom is 0.573 e. The van der Waals surface area contributed by atoms with Crippen molar-refractivity contribution in [3.05, 3.63) is 63.7 Å². The number of fused-ring (bicyclic) bond motifs is 1. The molecule has 1 nitrogen and oxygen atoms in total. The summed E-state index contributed by atoms with van der Waals surface area (Å²) in [5.41, 5.74) is 1.76. The lowest BCUT2D eigenvalue weighted by molar-refractivity contribution is -0.276. The number of hydrogen-bond acceptors (Lipinski definition) is 1. The molecule has 0 amide bonds. The summed E-state index contributed by atoms with van der Waals surface area (Å²) in [6, 6.07) is 3.26. The number of rotatable bonds is 8. The van der Waals surface area contributed by atoms with Crippen molar-refractivity contribution in [2.75, 3.05) is 0 Å². The van der Waals surface area contributed by atoms with Crippen molar-refractivity contribution in [1.29, 1.82) is 0 Å². The van der Waals surface area contributed by atoms with E-state index in [-0.39, 0.29) is 23.0 Å². The summed E-state index contributed by atoms with van der Waals surface area (Å²) in [6.45, 7) is 2.25. The fraction of sp³-hybridized carbons (Fsp3) is 0.647. The van der Waals surface area contributed by atoms with Crippen LogP contribution in [-0.2, 0) is 12.8 Å². The molecule has 5 rings (SSSR count). The zero-order chi connectivity index (χ0) is 30.0. The average molecular weight is 599 g/mol. The van der Waals surface area contributed by atoms with Gasteiger partial charge >= 0.3 is 6.36 Å². The lowest BCUT2D eigenvalue weighted by Crippen LogP contribution is -2.21. The van der Waals surface area contributed by atoms with Crippen molar-refractivity contribution in [1.82, 2.24) is 0 Å². The maximum absolute atomic E-state index is 15.8. The highest BCUT2D eigenvalue weighted by molar-refractivity contribution is 5.39. The lowest BCUT2D eigenvalue weighted by atomic mass is 9.73. The maximum atomic E-state index is 15.8. The van der Waals surface area contributed by atoms with Gasteiger partial charge in [-0.25, -0.2) is 17.6 Å². The third-order valence-corrected chi connectivity index (χ3v) is 10.3. The number of ether oxygens (including phenoxy) is 1. The van der Waals surface area contributed by atoms with Gasteiger partial charge in [0.25, 0.3) is 0 Å². The van der Waals surface area contributed by atoms with Crippen LogP contribution < -0.4 is 4.74 Å². The van der Waals surface area contributed by atoms with E-state index in [1.807, 2.05) is 0 Å². The van der Waals surface area contributed by atoms with Crippen LogP contribution in [0.15, 0.2) is 18.2 Å². The Kier molecular flexibility index (Phi) is 9.78. The van der Waals surface area contributed by atoms with Gasteiger partial charge in [-0.2, -0.15) is 0 Å². The molecule has 1 unspecified atom stereocenters. The first-order valence-corrected chi connectivity index (χ1v) is 15.8. The van der Waals surface area contributed by atoms with Crippen LogP contribution in [0.25, 0.3) is 0 Å². The number of alkyl halides is 3. The van der Waals surface area contributed by atoms with E-state index in [2.05, 4.69) is 11.7 Å². The van der Waals surface area contributed by atoms with Gasteiger partial charge in [-0.3, -0.25) is 0 Å². The third kappa shape index (κ3) is 7.27. The molecule has 3 aliphatic rings. The largest absolute Gasteiger partial charge is 0.573 e. The molecule has 232 valence electrons. The molecule has 0 aliphatic heterocycles. The van der Waals surface area contributed by atoms with Crippen LogP contribution in [0.4, 0.5) is 30.7 Å². The van der Waals surface area contributed by atoms with Crippen LogP contribution in [0.2, 0.25) is 0 Å². The Bertz CT molecular complexity index is 1200. The normalized spacial score (nSPS) is 26.6. The van der Waals surface area contributed by atoms with Gasteiger partial charge in [0.1, 0.15) is 11.6 Å². The Morgan fingerprint density at radius 3 is 1.86 bits per heavy atom. The fourth-order valence-electron chi connectivity index (χ4n) is 7.99. The summed E-state index contributed by atoms with van der Waals surface area (Å²) >= 11 is 0. The van der Waals surface area contributed by atoms with E-state index in [1.165, 1.54) is 51.0 Å². The van der Waals surface area contributed by atoms with Crippen LogP contribution >= 0.6 is 0 Å². The van der Waals surface area contributed by atoms with Crippen LogP contribution in [0.1, 0.15) is 124 Å². The van der Waals surface area contributed by atoms with Gasteiger partial charge in [-0.1, -0.05) is 51.9 Å². The van der Waals surface area contributed by atoms with Crippen LogP contribution in [0.3, 0.4) is 0 Å². The molecule has 2 saturated carbocycles. The van der Waals surface area contributed by atoms with E-state index in [0.29, 0.717) is 50.0 Å². The Labute approximate surface area is 244 Å². The highest BCUT2D eigenvalue weighted by Crippen LogP contribution is 2.45. The topological polar surface area (TPSA) is 9.23 Å². The molecule has 0 radical (unpaired) electrons. The standard InChI is InChI=1S/C34H41F7O/c1-2-3-20-4-6-21(7-5-20)8-9-22-10-15-27-26(16-22)19-28(35)31(32(27)38)24-13-11-23(12-14-24)25-17-29(36)33(30(37)18-25)42-34(39,40)41/h17-24H,2-16H2,1H3. The molecule has 0 heterocycles. The summed E-state index contributed by atoms with van der Waals surface area (Å²) in [7, 11) is 0. The minimum absolute atomic E-state index is 0.112. The molecule has 1 atom stereocenters. The minimum atomic E-state index is -5.21. The quantitative estimate of drug-likeness (QED) is 0.275. The molecule has 0 N–H and O–H groups in total. The summed E-state index contributed by atoms with van der Waals surface area (Å²) in [6.07, 6.45) is 8.92. The van der Waals surface area contributed by atoms with E-state index < -0.39 is 35.4 Å². The Morgan fingerprint density at radius 2 is 1.26 bits per heavy atom. The van der Waals surface area contributed by atoms with Crippen molar-refractivity contribution in [2.24, 2.45) is 17.8 Å². The van der Waals surface area contributed by atoms with Crippen LogP contribution in [0, 0.1) is 41.0 Å². The van der Waals surface area contributed by atoms with Gasteiger partial charge in [0.15, 0.2) is 11.6 Å². The first-order valence-electron chi connectivity index (χ1n) is 15.8. The molecule has 3 aliphatic carbocycles. The second kappa shape index (κ2) is 13.2. The predicted octanol–water partition coefficient (Wildman–Crippen LogP) is 11.1. The Morgan fingerprint density at radius 1 is 0.690 bits per heavy atom. The third-order valence-electron chi connectivity index (χ3n) is 10.3. The smallest absolute Gasteiger partial charge is 0.399 e. The van der Waals surface area contributed by atoms with Crippen LogP contribution in [0.5, 0.6) is 5.75 Å². The molecule has 0 spiro atoms. The van der Waals surface area contributed by atoms with E-state index in [9.17, 15) is 22.0 Å². The van der Waals surface area contributed by atoms with Crippen molar-refractivity contribution >= 4 is 0 Å². The zero-order valence-electron chi connectivity index (χ0n) is 24.3. The van der Waals surface area contributed by atoms with Gasteiger partial charge in [0.2, 0.25) is 5.75 Å². The van der Waals surface area contributed by atoms with Crippen LogP contribution in [-0.4, -0.2) is 6.36 Å². The molecule has 2 aromatic carbocycles. The van der Waals surface area contributed by atoms with Gasteiger partial charge in [-0.15, -0.1) is 13.2 Å². The molecule has 0 bridgehead atoms. The van der Waals surface area contributed by atoms with Gasteiger partial charge in [0, 0.05) is 5.56 Å². The Hall–Kier alpha value is -2.25. The molecule has 8 heteroatoms. The predicted molar refractivity (Wildman–Crippen MR) is 148 cm³/mol. The minimum Gasteiger partial charge on any atom is -0.399 e. The van der Waals surface area contributed by atoms with Crippen molar-refractivity contribution in [3.8, 4) is 5.75 Å². The summed E-state index contributed by atoms with van der Waals surface area (Å²) < 4.78 is 101. The number of halogens is 7. The summed E-state index contributed by atoms with van der Waals surface area (Å²) in [4.78, 5) is 0. The second-order valence-electron chi connectivity index (χ2n) is 13.0. The summed E-state index contributed by atoms with van der Waals surface area (Å²) in [5.74, 6) is -3.82. The first kappa shape index (κ1) is 31.2. The van der Waals surface area contributed by atoms with Gasteiger partial charge in [0.05, 0.1) is 0 Å². The van der Waals surface area contributed by atoms with Crippen molar-refractivity contribution < 1.29 is 35.5 Å². The molecular formula is C34H41F7O. The second-order valence-corrected chi connectivity index (χ2v) is 13.0. The van der Waals surface area contributed by atoms with E-state index in [0.717, 1.165) is 42.4 Å².